The standard InChI is InChI=1S/C55H88O32.C8H9.V/c1-19-11-54-9-5-26-52(2,7-4-8-53(26,3)51(75)86-49-43(84-45-37(71)28(62)20(61)17-76-45)41(32(66)24(15-59)80-49)82-46-38(72)34(68)29(63)21(12-56)77-46)27(54)6-10-55(19,18-54)87-50-44(85-48-40(74)36(70)31(65)23(14-58)79-48)42(33(67)25(16-60)81-50)83-47-39(73)35(69)30(64)22(13-57)78-47;1-7-4-3-5-8(2)6-7;/h20-50,56-74H,1,4-18H2,2-3H3;3-5H,1-2H3;/q;-1;. The molecule has 11 rings (SSSR count). The molecule has 1 aromatic rings. The Morgan fingerprint density at radius 1 is 0.510 bits per heavy atom. The van der Waals surface area contributed by atoms with E-state index in [9.17, 15) is 97.0 Å². The second kappa shape index (κ2) is 31.4. The van der Waals surface area contributed by atoms with Gasteiger partial charge < -0.3 is 154 Å². The van der Waals surface area contributed by atoms with E-state index in [1.165, 1.54) is 11.1 Å². The van der Waals surface area contributed by atoms with Crippen LogP contribution in [0.25, 0.3) is 0 Å². The molecule has 33 heteroatoms. The zero-order valence-corrected chi connectivity index (χ0v) is 55.1. The van der Waals surface area contributed by atoms with Crippen LogP contribution in [-0.2, 0) is 80.2 Å². The molecule has 2 bridgehead atoms. The van der Waals surface area contributed by atoms with Crippen LogP contribution in [0.5, 0.6) is 0 Å². The van der Waals surface area contributed by atoms with Crippen LogP contribution in [0.3, 0.4) is 0 Å². The van der Waals surface area contributed by atoms with Crippen molar-refractivity contribution in [2.75, 3.05) is 39.6 Å². The maximum atomic E-state index is 15.3. The normalized spacial score (nSPS) is 50.2. The van der Waals surface area contributed by atoms with Crippen LogP contribution in [0.4, 0.5) is 0 Å². The molecule has 10 aliphatic rings. The predicted octanol–water partition coefficient (Wildman–Crippen LogP) is -6.73. The van der Waals surface area contributed by atoms with Crippen molar-refractivity contribution in [3.8, 4) is 0 Å². The van der Waals surface area contributed by atoms with Gasteiger partial charge in [0.15, 0.2) is 37.6 Å². The first-order valence-corrected chi connectivity index (χ1v) is 32.6. The molecule has 35 atom stereocenters. The molecule has 32 nitrogen and oxygen atoms in total. The summed E-state index contributed by atoms with van der Waals surface area (Å²) in [5.41, 5.74) is -0.690. The summed E-state index contributed by atoms with van der Waals surface area (Å²) in [6.07, 6.45) is -48.7. The summed E-state index contributed by atoms with van der Waals surface area (Å²) in [7, 11) is 0. The number of carbonyl (C=O) groups is 1. The summed E-state index contributed by atoms with van der Waals surface area (Å²) in [5, 5.41) is 204. The van der Waals surface area contributed by atoms with E-state index >= 15 is 4.79 Å². The third-order valence-electron chi connectivity index (χ3n) is 22.0. The molecule has 10 fully saturated rings. The van der Waals surface area contributed by atoms with E-state index < -0.39 is 252 Å². The van der Waals surface area contributed by atoms with E-state index in [4.69, 9.17) is 56.8 Å². The van der Waals surface area contributed by atoms with Gasteiger partial charge in [-0.15, -0.1) is 0 Å². The van der Waals surface area contributed by atoms with Crippen LogP contribution in [0, 0.1) is 48.0 Å². The summed E-state index contributed by atoms with van der Waals surface area (Å²) < 4.78 is 72.7. The average molecular weight is 1420 g/mol. The molecule has 0 aromatic heterocycles. The molecular weight excluding hydrogens is 1320 g/mol. The Morgan fingerprint density at radius 3 is 1.40 bits per heavy atom. The van der Waals surface area contributed by atoms with Gasteiger partial charge in [-0.05, 0) is 86.5 Å². The largest absolute Gasteiger partial charge is 0.432 e. The molecular formula is C63H97O32V-. The Morgan fingerprint density at radius 2 is 0.927 bits per heavy atom. The fraction of sp³-hybridized carbons (Fsp3) is 0.857. The van der Waals surface area contributed by atoms with Gasteiger partial charge in [0.25, 0.3) is 0 Å². The van der Waals surface area contributed by atoms with Crippen LogP contribution < -0.4 is 0 Å². The number of fused-ring (bicyclic) bond motifs is 3. The van der Waals surface area contributed by atoms with E-state index in [2.05, 4.69) is 19.6 Å². The molecule has 547 valence electrons. The van der Waals surface area contributed by atoms with Gasteiger partial charge in [-0.1, -0.05) is 33.8 Å². The minimum absolute atomic E-state index is 0. The first-order chi connectivity index (χ1) is 44.9. The fourth-order valence-electron chi connectivity index (χ4n) is 16.9. The minimum atomic E-state index is -2.02. The van der Waals surface area contributed by atoms with Crippen molar-refractivity contribution in [3.63, 3.8) is 0 Å². The van der Waals surface area contributed by atoms with Crippen molar-refractivity contribution in [2.45, 2.75) is 269 Å². The van der Waals surface area contributed by atoms with Crippen LogP contribution >= 0.6 is 0 Å². The van der Waals surface area contributed by atoms with Gasteiger partial charge in [-0.2, -0.15) is 35.4 Å². The number of aliphatic hydroxyl groups excluding tert-OH is 19. The van der Waals surface area contributed by atoms with E-state index in [1.807, 2.05) is 32.0 Å². The van der Waals surface area contributed by atoms with Gasteiger partial charge in [0.1, 0.15) is 134 Å². The number of benzene rings is 1. The van der Waals surface area contributed by atoms with Gasteiger partial charge >= 0.3 is 5.97 Å². The monoisotopic (exact) mass is 1420 g/mol. The Labute approximate surface area is 565 Å². The van der Waals surface area contributed by atoms with Gasteiger partial charge in [-0.25, -0.2) is 0 Å². The third kappa shape index (κ3) is 14.7. The Balaban J connectivity index is 0.00000112. The minimum Gasteiger partial charge on any atom is -0.432 e. The molecule has 6 aliphatic heterocycles. The van der Waals surface area contributed by atoms with Crippen molar-refractivity contribution in [3.05, 3.63) is 47.5 Å². The molecule has 4 aliphatic carbocycles. The second-order valence-corrected chi connectivity index (χ2v) is 28.0. The average Bonchev–Trinajstić information content (AvgIpc) is 1.43. The van der Waals surface area contributed by atoms with E-state index in [0.29, 0.717) is 56.9 Å². The number of rotatable bonds is 17. The van der Waals surface area contributed by atoms with Gasteiger partial charge in [-0.3, -0.25) is 4.79 Å². The molecule has 1 radical (unpaired) electrons. The van der Waals surface area contributed by atoms with Crippen molar-refractivity contribution in [2.24, 2.45) is 28.1 Å². The molecule has 6 saturated heterocycles. The summed E-state index contributed by atoms with van der Waals surface area (Å²) in [4.78, 5) is 15.3. The van der Waals surface area contributed by atoms with Crippen LogP contribution in [0.1, 0.15) is 82.8 Å². The first kappa shape index (κ1) is 78.0. The topological polar surface area (TPSA) is 512 Å². The fourth-order valence-corrected chi connectivity index (χ4v) is 16.9. The molecule has 1 spiro atoms. The van der Waals surface area contributed by atoms with Crippen LogP contribution in [0.2, 0.25) is 0 Å². The Hall–Kier alpha value is -2.19. The third-order valence-corrected chi connectivity index (χ3v) is 22.0. The zero-order chi connectivity index (χ0) is 69.1. The van der Waals surface area contributed by atoms with Crippen LogP contribution in [0.15, 0.2) is 30.4 Å². The number of carbonyl (C=O) groups excluding carboxylic acids is 1. The molecule has 19 N–H and O–H groups in total. The SMILES string of the molecule is C=C1CC23CCC4C(C)(C(=O)OC5OC(CO)C(O)C(OC6OC(CO)C(O)C(O)C6O)C5OC5OCC(O)C(O)C5O)CCCC4(C)C2CCC1(OC1OC(CO)C(O)C(OC2OC(CO)C(O)C(O)C2O)C1OC1OC(CO)C(O)C(O)C1O)C3.Cc1[c-]c(C)ccc1.[V]. The summed E-state index contributed by atoms with van der Waals surface area (Å²) >= 11 is 0. The molecule has 96 heavy (non-hydrogen) atoms. The first-order valence-electron chi connectivity index (χ1n) is 32.6. The van der Waals surface area contributed by atoms with E-state index in [-0.39, 0.29) is 30.9 Å². The Bertz CT molecular complexity index is 2710. The molecule has 1 aromatic carbocycles. The van der Waals surface area contributed by atoms with Gasteiger partial charge in [0.05, 0.1) is 50.7 Å². The molecule has 0 amide bonds. The molecule has 6 heterocycles. The van der Waals surface area contributed by atoms with Gasteiger partial charge in [0, 0.05) is 18.6 Å². The maximum absolute atomic E-state index is 15.3. The molecule has 35 unspecified atom stereocenters. The summed E-state index contributed by atoms with van der Waals surface area (Å²) in [5.74, 6) is -1.34. The van der Waals surface area contributed by atoms with Gasteiger partial charge in [0.2, 0.25) is 6.29 Å². The molecule has 4 saturated carbocycles. The Kier molecular flexibility index (Phi) is 25.5. The number of aliphatic hydroxyl groups is 19. The number of hydrogen-bond donors (Lipinski definition) is 19. The number of hydrogen-bond acceptors (Lipinski definition) is 32. The second-order valence-electron chi connectivity index (χ2n) is 28.0. The maximum Gasteiger partial charge on any atom is 0.314 e. The zero-order valence-electron chi connectivity index (χ0n) is 53.7. The van der Waals surface area contributed by atoms with Crippen molar-refractivity contribution in [1.82, 2.24) is 0 Å². The smallest absolute Gasteiger partial charge is 0.314 e. The van der Waals surface area contributed by atoms with Crippen molar-refractivity contribution in [1.29, 1.82) is 0 Å². The summed E-state index contributed by atoms with van der Waals surface area (Å²) in [6.45, 7) is 7.59. The quantitative estimate of drug-likeness (QED) is 0.0298. The predicted molar refractivity (Wildman–Crippen MR) is 313 cm³/mol. The van der Waals surface area contributed by atoms with E-state index in [1.54, 1.807) is 6.92 Å². The number of esters is 1. The summed E-state index contributed by atoms with van der Waals surface area (Å²) in [6, 6.07) is 9.31. The van der Waals surface area contributed by atoms with E-state index in [0.717, 1.165) is 0 Å². The van der Waals surface area contributed by atoms with Crippen molar-refractivity contribution < 1.29 is 177 Å². The number of ether oxygens (including phenoxy) is 12. The van der Waals surface area contributed by atoms with Crippen molar-refractivity contribution >= 4 is 5.97 Å². The number of aryl methyl sites for hydroxylation is 2. The van der Waals surface area contributed by atoms with Crippen LogP contribution in [-0.4, -0.2) is 326 Å².